The van der Waals surface area contributed by atoms with Gasteiger partial charge in [0.15, 0.2) is 0 Å². The first-order valence-corrected chi connectivity index (χ1v) is 6.42. The van der Waals surface area contributed by atoms with E-state index in [2.05, 4.69) is 15.4 Å². The van der Waals surface area contributed by atoms with Gasteiger partial charge in [0.1, 0.15) is 5.69 Å². The summed E-state index contributed by atoms with van der Waals surface area (Å²) in [7, 11) is 3.77. The zero-order valence-corrected chi connectivity index (χ0v) is 11.9. The highest BCUT2D eigenvalue weighted by Gasteiger charge is 2.22. The van der Waals surface area contributed by atoms with E-state index in [1.807, 2.05) is 7.05 Å². The third-order valence-electron chi connectivity index (χ3n) is 2.77. The fraction of sp³-hybridized carbons (Fsp3) is 0.667. The van der Waals surface area contributed by atoms with Crippen LogP contribution in [0.5, 0.6) is 0 Å². The molecule has 0 aliphatic carbocycles. The van der Waals surface area contributed by atoms with Gasteiger partial charge in [-0.2, -0.15) is 5.10 Å². The molecule has 2 rings (SSSR count). The van der Waals surface area contributed by atoms with E-state index in [1.54, 1.807) is 17.9 Å². The lowest BCUT2D eigenvalue weighted by molar-refractivity contribution is 0.398. The summed E-state index contributed by atoms with van der Waals surface area (Å²) in [6.07, 6.45) is 4.10. The minimum absolute atomic E-state index is 0. The summed E-state index contributed by atoms with van der Waals surface area (Å²) < 4.78 is 25.1. The highest BCUT2D eigenvalue weighted by Crippen LogP contribution is 2.14. The molecule has 0 aromatic carbocycles. The maximum atomic E-state index is 11.2. The van der Waals surface area contributed by atoms with Gasteiger partial charge in [0, 0.05) is 19.6 Å². The van der Waals surface area contributed by atoms with Gasteiger partial charge >= 0.3 is 0 Å². The molecule has 1 unspecified atom stereocenters. The van der Waals surface area contributed by atoms with Gasteiger partial charge in [0.25, 0.3) is 0 Å². The molecule has 1 aromatic heterocycles. The minimum Gasteiger partial charge on any atom is -0.754 e. The predicted octanol–water partition coefficient (Wildman–Crippen LogP) is -0.349. The molecule has 1 aliphatic rings. The maximum absolute atomic E-state index is 11.2. The molecular formula is C9H17ClN5O2S-. The predicted molar refractivity (Wildman–Crippen MR) is 70.9 cm³/mol. The molecule has 18 heavy (non-hydrogen) atoms. The Morgan fingerprint density at radius 1 is 1.61 bits per heavy atom. The standard InChI is InChI=1S/C9H17N5O2S.ClH/c1-12-4-3-8(6-12)11-14(17(15)16)9-5-10-13(2)7-9;/h5,7-8,11H,3-4,6H2,1-2H3,(H,15,16);1H/p-1/t8-;/m1./s1. The van der Waals surface area contributed by atoms with Crippen molar-refractivity contribution < 1.29 is 8.76 Å². The molecule has 1 aromatic rings. The van der Waals surface area contributed by atoms with E-state index in [1.165, 1.54) is 6.20 Å². The first-order valence-electron chi connectivity index (χ1n) is 5.39. The Labute approximate surface area is 115 Å². The molecule has 0 spiro atoms. The molecule has 1 aliphatic heterocycles. The van der Waals surface area contributed by atoms with Crippen LogP contribution in [0.3, 0.4) is 0 Å². The van der Waals surface area contributed by atoms with Crippen LogP contribution in [0.15, 0.2) is 12.4 Å². The molecule has 2 heterocycles. The number of likely N-dealkylation sites (tertiary alicyclic amines) is 1. The van der Waals surface area contributed by atoms with Crippen molar-refractivity contribution in [2.45, 2.75) is 12.5 Å². The second-order valence-corrected chi connectivity index (χ2v) is 5.06. The number of aromatic nitrogens is 2. The zero-order valence-electron chi connectivity index (χ0n) is 10.3. The Bertz CT molecular complexity index is 415. The van der Waals surface area contributed by atoms with E-state index in [-0.39, 0.29) is 18.4 Å². The average Bonchev–Trinajstić information content (AvgIpc) is 2.83. The second kappa shape index (κ2) is 6.48. The highest BCUT2D eigenvalue weighted by atomic mass is 35.5. The molecule has 0 bridgehead atoms. The summed E-state index contributed by atoms with van der Waals surface area (Å²) in [5.41, 5.74) is 3.52. The van der Waals surface area contributed by atoms with E-state index in [4.69, 9.17) is 0 Å². The summed E-state index contributed by atoms with van der Waals surface area (Å²) in [6.45, 7) is 1.82. The van der Waals surface area contributed by atoms with Crippen LogP contribution in [0, 0.1) is 0 Å². The largest absolute Gasteiger partial charge is 0.754 e. The van der Waals surface area contributed by atoms with Crippen LogP contribution in [0.1, 0.15) is 6.42 Å². The Morgan fingerprint density at radius 2 is 2.33 bits per heavy atom. The SMILES string of the molecule is CN1CC[C@@H](NN(c2cnn(C)c2)S(=O)[O-])C1.Cl. The van der Waals surface area contributed by atoms with Gasteiger partial charge in [-0.25, -0.2) is 9.84 Å². The van der Waals surface area contributed by atoms with Crippen LogP contribution in [0.4, 0.5) is 5.69 Å². The molecule has 0 saturated carbocycles. The number of anilines is 1. The molecule has 1 fully saturated rings. The minimum atomic E-state index is -2.35. The molecule has 0 radical (unpaired) electrons. The van der Waals surface area contributed by atoms with E-state index in [0.717, 1.165) is 23.9 Å². The van der Waals surface area contributed by atoms with Crippen molar-refractivity contribution >= 4 is 29.4 Å². The van der Waals surface area contributed by atoms with Crippen molar-refractivity contribution in [1.29, 1.82) is 0 Å². The summed E-state index contributed by atoms with van der Waals surface area (Å²) in [4.78, 5) is 2.16. The van der Waals surface area contributed by atoms with Gasteiger partial charge in [-0.15, -0.1) is 12.4 Å². The summed E-state index contributed by atoms with van der Waals surface area (Å²) in [5.74, 6) is 0. The summed E-state index contributed by atoms with van der Waals surface area (Å²) >= 11 is -2.35. The second-order valence-electron chi connectivity index (χ2n) is 4.26. The van der Waals surface area contributed by atoms with Crippen LogP contribution < -0.4 is 9.84 Å². The molecule has 9 heteroatoms. The smallest absolute Gasteiger partial charge is 0.104 e. The van der Waals surface area contributed by atoms with E-state index < -0.39 is 11.3 Å². The van der Waals surface area contributed by atoms with E-state index >= 15 is 0 Å². The first-order chi connectivity index (χ1) is 8.06. The molecule has 0 amide bonds. The van der Waals surface area contributed by atoms with Crippen molar-refractivity contribution in [3.8, 4) is 0 Å². The zero-order chi connectivity index (χ0) is 12.4. The van der Waals surface area contributed by atoms with Crippen molar-refractivity contribution in [2.75, 3.05) is 24.6 Å². The van der Waals surface area contributed by atoms with Crippen molar-refractivity contribution in [2.24, 2.45) is 7.05 Å². The van der Waals surface area contributed by atoms with Crippen molar-refractivity contribution in [3.05, 3.63) is 12.4 Å². The number of nitrogens with zero attached hydrogens (tertiary/aromatic N) is 4. The third kappa shape index (κ3) is 3.66. The number of aryl methyl sites for hydroxylation is 1. The van der Waals surface area contributed by atoms with Crippen LogP contribution >= 0.6 is 12.4 Å². The van der Waals surface area contributed by atoms with Crippen LogP contribution in [-0.2, 0) is 18.3 Å². The number of hydrogen-bond acceptors (Lipinski definition) is 5. The van der Waals surface area contributed by atoms with Gasteiger partial charge in [-0.05, 0) is 20.0 Å². The monoisotopic (exact) mass is 294 g/mol. The van der Waals surface area contributed by atoms with Crippen molar-refractivity contribution in [3.63, 3.8) is 0 Å². The summed E-state index contributed by atoms with van der Waals surface area (Å²) in [6, 6.07) is 0.151. The lowest BCUT2D eigenvalue weighted by atomic mass is 10.3. The molecule has 2 atom stereocenters. The van der Waals surface area contributed by atoms with Gasteiger partial charge < -0.3 is 9.45 Å². The Balaban J connectivity index is 0.00000162. The molecular weight excluding hydrogens is 278 g/mol. The number of nitrogens with one attached hydrogen (secondary N) is 1. The van der Waals surface area contributed by atoms with Crippen LogP contribution in [0.25, 0.3) is 0 Å². The molecule has 7 nitrogen and oxygen atoms in total. The maximum Gasteiger partial charge on any atom is 0.104 e. The van der Waals surface area contributed by atoms with Gasteiger partial charge in [-0.3, -0.25) is 8.89 Å². The Kier molecular flexibility index (Phi) is 5.54. The molecule has 104 valence electrons. The topological polar surface area (TPSA) is 76.5 Å². The van der Waals surface area contributed by atoms with Crippen LogP contribution in [-0.4, -0.2) is 49.6 Å². The normalized spacial score (nSPS) is 21.6. The molecule has 1 N–H and O–H groups in total. The first kappa shape index (κ1) is 15.4. The number of likely N-dealkylation sites (N-methyl/N-ethyl adjacent to an activating group) is 1. The van der Waals surface area contributed by atoms with Gasteiger partial charge in [0.05, 0.1) is 23.7 Å². The van der Waals surface area contributed by atoms with Crippen molar-refractivity contribution in [1.82, 2.24) is 20.1 Å². The summed E-state index contributed by atoms with van der Waals surface area (Å²) in [5, 5.41) is 3.96. The van der Waals surface area contributed by atoms with Gasteiger partial charge in [-0.1, -0.05) is 0 Å². The fourth-order valence-corrected chi connectivity index (χ4v) is 2.42. The lowest BCUT2D eigenvalue weighted by Gasteiger charge is -2.28. The number of halogens is 1. The number of hydrazine groups is 1. The Hall–Kier alpha value is -0.670. The fourth-order valence-electron chi connectivity index (χ4n) is 1.92. The third-order valence-corrected chi connectivity index (χ3v) is 3.38. The number of hydrogen-bond donors (Lipinski definition) is 1. The van der Waals surface area contributed by atoms with Crippen LogP contribution in [0.2, 0.25) is 0 Å². The highest BCUT2D eigenvalue weighted by molar-refractivity contribution is 7.80. The Morgan fingerprint density at radius 3 is 2.78 bits per heavy atom. The lowest BCUT2D eigenvalue weighted by Crippen LogP contribution is -2.46. The van der Waals surface area contributed by atoms with E-state index in [0.29, 0.717) is 5.69 Å². The van der Waals surface area contributed by atoms with Gasteiger partial charge in [0.2, 0.25) is 0 Å². The van der Waals surface area contributed by atoms with E-state index in [9.17, 15) is 8.76 Å². The average molecular weight is 295 g/mol. The molecule has 1 saturated heterocycles. The quantitative estimate of drug-likeness (QED) is 0.607. The number of rotatable bonds is 4.